The number of hydrogen-bond acceptors (Lipinski definition) is 5. The molecule has 0 saturated heterocycles. The average molecular weight is 521 g/mol. The van der Waals surface area contributed by atoms with E-state index in [1.165, 1.54) is 30.1 Å². The lowest BCUT2D eigenvalue weighted by molar-refractivity contribution is -0.119. The molecule has 0 aliphatic rings. The van der Waals surface area contributed by atoms with Crippen LogP contribution >= 0.6 is 15.9 Å². The average Bonchev–Trinajstić information content (AvgIpc) is 2.79. The Balaban J connectivity index is 1.85. The van der Waals surface area contributed by atoms with Crippen LogP contribution in [0, 0.1) is 18.6 Å². The first kappa shape index (κ1) is 24.1. The predicted octanol–water partition coefficient (Wildman–Crippen LogP) is 2.64. The Bertz CT molecular complexity index is 1280. The molecule has 1 aromatic heterocycles. The number of hydrogen-bond donors (Lipinski definition) is 2. The Morgan fingerprint density at radius 3 is 2.64 bits per heavy atom. The van der Waals surface area contributed by atoms with Crippen LogP contribution in [-0.2, 0) is 11.4 Å². The zero-order valence-electron chi connectivity index (χ0n) is 17.6. The summed E-state index contributed by atoms with van der Waals surface area (Å²) in [4.78, 5) is 40.7. The maximum atomic E-state index is 13.8. The zero-order valence-corrected chi connectivity index (χ0v) is 19.2. The number of carbonyl (C=O) groups is 2. The summed E-state index contributed by atoms with van der Waals surface area (Å²) in [5.74, 6) is -2.39. The van der Waals surface area contributed by atoms with E-state index in [9.17, 15) is 23.2 Å². The second kappa shape index (κ2) is 10.3. The quantitative estimate of drug-likeness (QED) is 0.498. The third kappa shape index (κ3) is 5.61. The third-order valence-corrected chi connectivity index (χ3v) is 5.36. The fourth-order valence-corrected chi connectivity index (χ4v) is 3.24. The van der Waals surface area contributed by atoms with Crippen molar-refractivity contribution >= 4 is 27.7 Å². The fraction of sp³-hybridized carbons (Fsp3) is 0.182. The molecule has 0 aliphatic carbocycles. The lowest BCUT2D eigenvalue weighted by Gasteiger charge is -2.13. The van der Waals surface area contributed by atoms with Crippen molar-refractivity contribution in [1.29, 1.82) is 0 Å². The molecule has 3 aromatic rings. The van der Waals surface area contributed by atoms with Crippen molar-refractivity contribution in [3.63, 3.8) is 0 Å². The van der Waals surface area contributed by atoms with E-state index in [1.54, 1.807) is 19.1 Å². The number of rotatable bonds is 7. The molecule has 2 aromatic carbocycles. The molecular weight excluding hydrogens is 502 g/mol. The van der Waals surface area contributed by atoms with Gasteiger partial charge in [0.05, 0.1) is 12.2 Å². The smallest absolute Gasteiger partial charge is 0.276 e. The summed E-state index contributed by atoms with van der Waals surface area (Å²) in [6.45, 7) is 1.30. The van der Waals surface area contributed by atoms with Crippen molar-refractivity contribution in [3.8, 4) is 11.6 Å². The van der Waals surface area contributed by atoms with Crippen LogP contribution in [0.3, 0.4) is 0 Å². The van der Waals surface area contributed by atoms with Crippen LogP contribution in [0.4, 0.5) is 8.78 Å². The molecule has 0 fully saturated rings. The Morgan fingerprint density at radius 1 is 1.18 bits per heavy atom. The second-order valence-corrected chi connectivity index (χ2v) is 7.71. The first-order chi connectivity index (χ1) is 15.7. The summed E-state index contributed by atoms with van der Waals surface area (Å²) in [5.41, 5.74) is 0.911. The molecule has 0 atom stereocenters. The minimum atomic E-state index is -0.776. The van der Waals surface area contributed by atoms with E-state index >= 15 is 0 Å². The minimum absolute atomic E-state index is 0.0126. The van der Waals surface area contributed by atoms with Gasteiger partial charge in [0, 0.05) is 24.2 Å². The van der Waals surface area contributed by atoms with E-state index in [0.717, 1.165) is 12.1 Å². The Labute approximate surface area is 195 Å². The maximum Gasteiger partial charge on any atom is 0.276 e. The number of aryl methyl sites for hydroxylation is 1. The van der Waals surface area contributed by atoms with E-state index in [0.29, 0.717) is 11.3 Å². The number of amides is 2. The van der Waals surface area contributed by atoms with Gasteiger partial charge in [-0.25, -0.2) is 13.8 Å². The monoisotopic (exact) mass is 520 g/mol. The molecule has 0 bridgehead atoms. The van der Waals surface area contributed by atoms with Crippen molar-refractivity contribution < 1.29 is 23.1 Å². The molecule has 33 heavy (non-hydrogen) atoms. The summed E-state index contributed by atoms with van der Waals surface area (Å²) >= 11 is 3.15. The SMILES string of the molecule is CNC(=O)CNC(=O)c1ccc(C)c(-n2cnc(OCc3ccc(F)cc3F)c(Br)c2=O)c1. The summed E-state index contributed by atoms with van der Waals surface area (Å²) in [5, 5.41) is 4.89. The van der Waals surface area contributed by atoms with Gasteiger partial charge in [-0.05, 0) is 52.7 Å². The van der Waals surface area contributed by atoms with Crippen LogP contribution in [0.5, 0.6) is 5.88 Å². The number of halogens is 3. The van der Waals surface area contributed by atoms with Crippen LogP contribution in [0.1, 0.15) is 21.5 Å². The van der Waals surface area contributed by atoms with Crippen molar-refractivity contribution in [2.75, 3.05) is 13.6 Å². The topological polar surface area (TPSA) is 102 Å². The van der Waals surface area contributed by atoms with Crippen molar-refractivity contribution in [3.05, 3.63) is 85.9 Å². The highest BCUT2D eigenvalue weighted by Crippen LogP contribution is 2.22. The lowest BCUT2D eigenvalue weighted by Crippen LogP contribution is -2.35. The van der Waals surface area contributed by atoms with Crippen molar-refractivity contribution in [2.45, 2.75) is 13.5 Å². The number of nitrogens with zero attached hydrogens (tertiary/aromatic N) is 2. The molecule has 172 valence electrons. The predicted molar refractivity (Wildman–Crippen MR) is 119 cm³/mol. The molecule has 1 heterocycles. The third-order valence-electron chi connectivity index (χ3n) is 4.68. The van der Waals surface area contributed by atoms with Gasteiger partial charge in [-0.2, -0.15) is 0 Å². The largest absolute Gasteiger partial charge is 0.472 e. The molecule has 2 N–H and O–H groups in total. The van der Waals surface area contributed by atoms with Crippen LogP contribution in [0.2, 0.25) is 0 Å². The van der Waals surface area contributed by atoms with Crippen molar-refractivity contribution in [2.24, 2.45) is 0 Å². The summed E-state index contributed by atoms with van der Waals surface area (Å²) in [6, 6.07) is 7.80. The molecular formula is C22H19BrF2N4O4. The Morgan fingerprint density at radius 2 is 1.94 bits per heavy atom. The summed E-state index contributed by atoms with van der Waals surface area (Å²) in [7, 11) is 1.46. The highest BCUT2D eigenvalue weighted by Gasteiger charge is 2.16. The number of carbonyl (C=O) groups excluding carboxylic acids is 2. The fourth-order valence-electron chi connectivity index (χ4n) is 2.83. The zero-order chi connectivity index (χ0) is 24.1. The standard InChI is InChI=1S/C22H19BrF2N4O4/c1-12-3-4-13(20(31)27-9-18(30)26-2)7-17(12)29-11-28-21(19(23)22(29)32)33-10-14-5-6-15(24)8-16(14)25/h3-8,11H,9-10H2,1-2H3,(H,26,30)(H,27,31). The summed E-state index contributed by atoms with van der Waals surface area (Å²) in [6.07, 6.45) is 1.22. The van der Waals surface area contributed by atoms with Crippen LogP contribution in [0.15, 0.2) is 52.0 Å². The first-order valence-corrected chi connectivity index (χ1v) is 10.4. The van der Waals surface area contributed by atoms with E-state index in [4.69, 9.17) is 4.74 Å². The van der Waals surface area contributed by atoms with Crippen LogP contribution in [0.25, 0.3) is 5.69 Å². The number of nitrogens with one attached hydrogen (secondary N) is 2. The number of ether oxygens (including phenoxy) is 1. The molecule has 0 saturated carbocycles. The van der Waals surface area contributed by atoms with Gasteiger partial charge >= 0.3 is 0 Å². The van der Waals surface area contributed by atoms with Crippen molar-refractivity contribution in [1.82, 2.24) is 20.2 Å². The van der Waals surface area contributed by atoms with E-state index in [2.05, 4.69) is 31.5 Å². The van der Waals surface area contributed by atoms with Gasteiger partial charge in [-0.3, -0.25) is 19.0 Å². The molecule has 11 heteroatoms. The Kier molecular flexibility index (Phi) is 7.54. The van der Waals surface area contributed by atoms with Gasteiger partial charge in [-0.15, -0.1) is 0 Å². The highest BCUT2D eigenvalue weighted by molar-refractivity contribution is 9.10. The molecule has 0 spiro atoms. The second-order valence-electron chi connectivity index (χ2n) is 6.92. The molecule has 0 aliphatic heterocycles. The van der Waals surface area contributed by atoms with Gasteiger partial charge in [0.25, 0.3) is 11.5 Å². The molecule has 2 amide bonds. The minimum Gasteiger partial charge on any atom is -0.472 e. The van der Waals surface area contributed by atoms with Crippen LogP contribution < -0.4 is 20.9 Å². The van der Waals surface area contributed by atoms with E-state index in [1.807, 2.05) is 0 Å². The maximum absolute atomic E-state index is 13.8. The first-order valence-electron chi connectivity index (χ1n) is 9.65. The van der Waals surface area contributed by atoms with E-state index in [-0.39, 0.29) is 40.5 Å². The number of benzene rings is 2. The lowest BCUT2D eigenvalue weighted by atomic mass is 10.1. The normalized spacial score (nSPS) is 10.6. The van der Waals surface area contributed by atoms with Crippen LogP contribution in [-0.4, -0.2) is 35.0 Å². The summed E-state index contributed by atoms with van der Waals surface area (Å²) < 4.78 is 33.5. The van der Waals surface area contributed by atoms with Gasteiger partial charge < -0.3 is 15.4 Å². The van der Waals surface area contributed by atoms with Gasteiger partial charge in [-0.1, -0.05) is 6.07 Å². The van der Waals surface area contributed by atoms with Gasteiger partial charge in [0.2, 0.25) is 11.8 Å². The molecule has 0 unspecified atom stereocenters. The highest BCUT2D eigenvalue weighted by atomic mass is 79.9. The molecule has 8 nitrogen and oxygen atoms in total. The Hall–Kier alpha value is -3.60. The number of aromatic nitrogens is 2. The molecule has 0 radical (unpaired) electrons. The molecule has 3 rings (SSSR count). The van der Waals surface area contributed by atoms with Gasteiger partial charge in [0.1, 0.15) is 29.0 Å². The number of likely N-dealkylation sites (N-methyl/N-ethyl adjacent to an activating group) is 1. The van der Waals surface area contributed by atoms with Gasteiger partial charge in [0.15, 0.2) is 0 Å². The van der Waals surface area contributed by atoms with E-state index < -0.39 is 23.1 Å².